The lowest BCUT2D eigenvalue weighted by atomic mass is 9.69. The van der Waals surface area contributed by atoms with Crippen molar-refractivity contribution < 1.29 is 5.11 Å². The molecule has 4 heteroatoms. The molecule has 2 aliphatic carbocycles. The zero-order valence-electron chi connectivity index (χ0n) is 19.7. The minimum Gasteiger partial charge on any atom is -0.383 e. The van der Waals surface area contributed by atoms with E-state index in [1.165, 1.54) is 0 Å². The lowest BCUT2D eigenvalue weighted by Crippen LogP contribution is -2.43. The molecule has 0 bridgehead atoms. The Morgan fingerprint density at radius 3 is 2.59 bits per heavy atom. The van der Waals surface area contributed by atoms with Crippen molar-refractivity contribution in [1.29, 1.82) is 0 Å². The molecule has 2 aliphatic rings. The van der Waals surface area contributed by atoms with E-state index in [1.807, 2.05) is 87.0 Å². The summed E-state index contributed by atoms with van der Waals surface area (Å²) in [4.78, 5) is 18.3. The van der Waals surface area contributed by atoms with Gasteiger partial charge in [-0.1, -0.05) is 66.1 Å². The zero-order valence-corrected chi connectivity index (χ0v) is 19.7. The van der Waals surface area contributed by atoms with Crippen LogP contribution >= 0.6 is 0 Å². The highest BCUT2D eigenvalue weighted by atomic mass is 16.3. The van der Waals surface area contributed by atoms with Crippen LogP contribution in [0.2, 0.25) is 0 Å². The van der Waals surface area contributed by atoms with E-state index < -0.39 is 11.5 Å². The third-order valence-electron chi connectivity index (χ3n) is 6.95. The van der Waals surface area contributed by atoms with E-state index in [9.17, 15) is 9.90 Å². The molecular formula is C30H30N2O2. The molecule has 5 rings (SSSR count). The van der Waals surface area contributed by atoms with Crippen LogP contribution in [0.3, 0.4) is 0 Å². The first-order valence-electron chi connectivity index (χ1n) is 11.9. The standard InChI is InChI=1S/C30H30N2O2/c1-32(2)18-17-30(34,27-14-8-12-22-9-6-7-13-25(22)27)28(23-10-4-3-5-11-23)26-19-24(21-15-16-21)20-31-29(26)33/h3-7,9-13,19-21,28,34H,15-18H2,1-2H3,(H,31,33). The maximum absolute atomic E-state index is 13.3. The molecule has 2 aromatic carbocycles. The van der Waals surface area contributed by atoms with Crippen LogP contribution in [0.4, 0.5) is 0 Å². The summed E-state index contributed by atoms with van der Waals surface area (Å²) in [7, 11) is 3.99. The number of hydrogen-bond acceptors (Lipinski definition) is 3. The number of benzene rings is 2. The summed E-state index contributed by atoms with van der Waals surface area (Å²) in [6.45, 7) is 0.650. The molecule has 2 unspecified atom stereocenters. The van der Waals surface area contributed by atoms with Crippen LogP contribution in [0.1, 0.15) is 58.9 Å². The monoisotopic (exact) mass is 450 g/mol. The molecule has 0 radical (unpaired) electrons. The Bertz CT molecular complexity index is 1350. The summed E-state index contributed by atoms with van der Waals surface area (Å²) in [5.74, 6) is -0.0779. The molecule has 4 nitrogen and oxygen atoms in total. The van der Waals surface area contributed by atoms with E-state index in [0.29, 0.717) is 30.0 Å². The maximum atomic E-state index is 13.3. The van der Waals surface area contributed by atoms with Crippen molar-refractivity contribution in [3.05, 3.63) is 116 Å². The number of aliphatic hydroxyl groups is 1. The largest absolute Gasteiger partial charge is 0.383 e. The average molecular weight is 451 g/mol. The van der Waals surface area contributed by atoms with Crippen molar-refractivity contribution in [3.63, 3.8) is 0 Å². The van der Waals surface area contributed by atoms with Gasteiger partial charge in [-0.3, -0.25) is 4.79 Å². The van der Waals surface area contributed by atoms with E-state index >= 15 is 0 Å². The number of fused-ring (bicyclic) bond motifs is 1. The topological polar surface area (TPSA) is 56.3 Å². The second-order valence-corrected chi connectivity index (χ2v) is 9.69. The lowest BCUT2D eigenvalue weighted by molar-refractivity contribution is 0.0665. The van der Waals surface area contributed by atoms with E-state index in [2.05, 4.69) is 21.3 Å². The Hall–Kier alpha value is -3.39. The van der Waals surface area contributed by atoms with Gasteiger partial charge in [0.25, 0.3) is 5.56 Å². The average Bonchev–Trinajstić information content (AvgIpc) is 3.70. The Morgan fingerprint density at radius 1 is 1.12 bits per heavy atom. The van der Waals surface area contributed by atoms with E-state index in [-0.39, 0.29) is 5.56 Å². The van der Waals surface area contributed by atoms with Crippen molar-refractivity contribution in [2.75, 3.05) is 20.6 Å². The van der Waals surface area contributed by atoms with Gasteiger partial charge in [-0.25, -0.2) is 0 Å². The number of hydrogen-bond donors (Lipinski definition) is 2. The Balaban J connectivity index is 1.76. The summed E-state index contributed by atoms with van der Waals surface area (Å²) >= 11 is 0. The first-order valence-corrected chi connectivity index (χ1v) is 11.9. The molecule has 1 fully saturated rings. The van der Waals surface area contributed by atoms with Crippen LogP contribution in [0.5, 0.6) is 0 Å². The van der Waals surface area contributed by atoms with E-state index in [0.717, 1.165) is 35.1 Å². The SMILES string of the molecule is CN(C)CCC(O)(C1=C=C=Cc2ccccc21)C(c1ccccc1)c1cc(C2CC2)c[nH]c1=O. The number of aromatic nitrogens is 1. The van der Waals surface area contributed by atoms with Crippen LogP contribution in [-0.2, 0) is 0 Å². The molecule has 0 saturated heterocycles. The first kappa shape index (κ1) is 22.4. The minimum absolute atomic E-state index is 0.161. The predicted octanol–water partition coefficient (Wildman–Crippen LogP) is 4.93. The summed E-state index contributed by atoms with van der Waals surface area (Å²) in [6.07, 6.45) is 6.44. The van der Waals surface area contributed by atoms with E-state index in [1.54, 1.807) is 0 Å². The molecule has 0 aliphatic heterocycles. The normalized spacial score (nSPS) is 17.2. The van der Waals surface area contributed by atoms with Gasteiger partial charge in [-0.15, -0.1) is 0 Å². The number of nitrogens with zero attached hydrogens (tertiary/aromatic N) is 1. The van der Waals surface area contributed by atoms with Crippen LogP contribution in [0, 0.1) is 0 Å². The number of pyridine rings is 1. The molecule has 1 saturated carbocycles. The smallest absolute Gasteiger partial charge is 0.251 e. The summed E-state index contributed by atoms with van der Waals surface area (Å²) < 4.78 is 0. The quantitative estimate of drug-likeness (QED) is 0.479. The highest BCUT2D eigenvalue weighted by molar-refractivity contribution is 5.82. The highest BCUT2D eigenvalue weighted by Crippen LogP contribution is 2.47. The van der Waals surface area contributed by atoms with Crippen LogP contribution < -0.4 is 5.56 Å². The molecule has 2 N–H and O–H groups in total. The van der Waals surface area contributed by atoms with Crippen molar-refractivity contribution >= 4 is 11.6 Å². The number of rotatable bonds is 8. The molecule has 172 valence electrons. The first-order chi connectivity index (χ1) is 16.5. The molecule has 0 spiro atoms. The third-order valence-corrected chi connectivity index (χ3v) is 6.95. The maximum Gasteiger partial charge on any atom is 0.251 e. The number of aromatic amines is 1. The minimum atomic E-state index is -1.38. The van der Waals surface area contributed by atoms with Gasteiger partial charge in [0.05, 0.1) is 0 Å². The summed E-state index contributed by atoms with van der Waals surface area (Å²) in [5, 5.41) is 12.7. The van der Waals surface area contributed by atoms with Gasteiger partial charge >= 0.3 is 0 Å². The molecule has 2 atom stereocenters. The second kappa shape index (κ2) is 9.10. The molecule has 34 heavy (non-hydrogen) atoms. The Morgan fingerprint density at radius 2 is 1.85 bits per heavy atom. The molecule has 3 aromatic rings. The molecule has 0 amide bonds. The lowest BCUT2D eigenvalue weighted by Gasteiger charge is -2.39. The number of nitrogens with one attached hydrogen (secondary N) is 1. The molecule has 1 heterocycles. The summed E-state index contributed by atoms with van der Waals surface area (Å²) in [5.41, 5.74) is 10.1. The molecule has 1 aromatic heterocycles. The van der Waals surface area contributed by atoms with Gasteiger partial charge in [0.1, 0.15) is 5.60 Å². The van der Waals surface area contributed by atoms with Gasteiger partial charge in [-0.05, 0) is 73.7 Å². The fraction of sp³-hybridized carbons (Fsp3) is 0.300. The summed E-state index contributed by atoms with van der Waals surface area (Å²) in [6, 6.07) is 19.9. The van der Waals surface area contributed by atoms with Crippen LogP contribution in [0.25, 0.3) is 11.6 Å². The predicted molar refractivity (Wildman–Crippen MR) is 137 cm³/mol. The van der Waals surface area contributed by atoms with Gasteiger partial charge in [0.15, 0.2) is 0 Å². The highest BCUT2D eigenvalue weighted by Gasteiger charge is 2.45. The van der Waals surface area contributed by atoms with Crippen molar-refractivity contribution in [3.8, 4) is 0 Å². The second-order valence-electron chi connectivity index (χ2n) is 9.69. The van der Waals surface area contributed by atoms with Gasteiger partial charge < -0.3 is 15.0 Å². The van der Waals surface area contributed by atoms with Gasteiger partial charge in [-0.2, -0.15) is 0 Å². The Kier molecular flexibility index (Phi) is 6.00. The van der Waals surface area contributed by atoms with Gasteiger partial charge in [0.2, 0.25) is 0 Å². The number of H-pyrrole nitrogens is 1. The van der Waals surface area contributed by atoms with Gasteiger partial charge in [0, 0.05) is 29.8 Å². The zero-order chi connectivity index (χ0) is 23.7. The molecular weight excluding hydrogens is 420 g/mol. The third kappa shape index (κ3) is 4.25. The van der Waals surface area contributed by atoms with E-state index in [4.69, 9.17) is 0 Å². The van der Waals surface area contributed by atoms with Crippen LogP contribution in [-0.4, -0.2) is 41.2 Å². The van der Waals surface area contributed by atoms with Crippen molar-refractivity contribution in [2.24, 2.45) is 0 Å². The van der Waals surface area contributed by atoms with Crippen molar-refractivity contribution in [2.45, 2.75) is 36.7 Å². The Labute approximate surface area is 200 Å². The fourth-order valence-corrected chi connectivity index (χ4v) is 5.00. The fourth-order valence-electron chi connectivity index (χ4n) is 5.00. The van der Waals surface area contributed by atoms with Crippen LogP contribution in [0.15, 0.2) is 83.1 Å². The van der Waals surface area contributed by atoms with Crippen molar-refractivity contribution in [1.82, 2.24) is 9.88 Å².